The van der Waals surface area contributed by atoms with Gasteiger partial charge in [0.2, 0.25) is 5.60 Å². The van der Waals surface area contributed by atoms with Crippen LogP contribution in [-0.4, -0.2) is 34.5 Å². The standard InChI is InChI=1S/C12H15NO3/c1-7(14)11-6-9-3-2-8-4-5-13(10(11)15)12(8,9)16-11/h8-9H,2-6H2,1H3/t8-,9-,11-,12-/m0/s1. The first-order valence-electron chi connectivity index (χ1n) is 6.14. The summed E-state index contributed by atoms with van der Waals surface area (Å²) in [5, 5.41) is 0. The Morgan fingerprint density at radius 1 is 1.38 bits per heavy atom. The van der Waals surface area contributed by atoms with Crippen LogP contribution in [0.4, 0.5) is 0 Å². The van der Waals surface area contributed by atoms with E-state index in [1.165, 1.54) is 6.92 Å². The zero-order valence-electron chi connectivity index (χ0n) is 9.36. The lowest BCUT2D eigenvalue weighted by Crippen LogP contribution is -2.53. The summed E-state index contributed by atoms with van der Waals surface area (Å²) < 4.78 is 6.06. The van der Waals surface area contributed by atoms with E-state index in [1.54, 1.807) is 0 Å². The summed E-state index contributed by atoms with van der Waals surface area (Å²) in [6, 6.07) is 0. The van der Waals surface area contributed by atoms with Crippen LogP contribution in [0, 0.1) is 11.8 Å². The molecular weight excluding hydrogens is 206 g/mol. The Kier molecular flexibility index (Phi) is 1.34. The van der Waals surface area contributed by atoms with Gasteiger partial charge in [-0.2, -0.15) is 0 Å². The number of hydrogen-bond acceptors (Lipinski definition) is 3. The maximum absolute atomic E-state index is 12.3. The number of carbonyl (C=O) groups is 2. The minimum Gasteiger partial charge on any atom is -0.331 e. The van der Waals surface area contributed by atoms with E-state index in [0.717, 1.165) is 25.8 Å². The molecule has 0 aromatic carbocycles. The number of ether oxygens (including phenoxy) is 1. The van der Waals surface area contributed by atoms with Crippen molar-refractivity contribution in [2.24, 2.45) is 11.8 Å². The van der Waals surface area contributed by atoms with Gasteiger partial charge in [0, 0.05) is 24.8 Å². The van der Waals surface area contributed by atoms with Crippen molar-refractivity contribution in [2.75, 3.05) is 6.54 Å². The van der Waals surface area contributed by atoms with Crippen molar-refractivity contribution < 1.29 is 14.3 Å². The predicted octanol–water partition coefficient (Wildman–Crippen LogP) is 0.703. The Bertz CT molecular complexity index is 420. The summed E-state index contributed by atoms with van der Waals surface area (Å²) in [6.45, 7) is 2.28. The van der Waals surface area contributed by atoms with Crippen LogP contribution in [-0.2, 0) is 14.3 Å². The second kappa shape index (κ2) is 2.35. The first kappa shape index (κ1) is 9.16. The molecule has 3 saturated heterocycles. The highest BCUT2D eigenvalue weighted by Gasteiger charge is 2.77. The molecule has 1 aliphatic carbocycles. The summed E-state index contributed by atoms with van der Waals surface area (Å²) in [7, 11) is 0. The first-order valence-corrected chi connectivity index (χ1v) is 6.14. The van der Waals surface area contributed by atoms with Crippen molar-refractivity contribution in [1.82, 2.24) is 4.90 Å². The van der Waals surface area contributed by atoms with Crippen molar-refractivity contribution in [1.29, 1.82) is 0 Å². The molecule has 3 heterocycles. The lowest BCUT2D eigenvalue weighted by Gasteiger charge is -2.34. The molecule has 0 radical (unpaired) electrons. The molecule has 1 amide bonds. The number of hydrogen-bond donors (Lipinski definition) is 0. The van der Waals surface area contributed by atoms with E-state index >= 15 is 0 Å². The van der Waals surface area contributed by atoms with Gasteiger partial charge in [0.25, 0.3) is 5.91 Å². The SMILES string of the molecule is CC(=O)[C@@]12C[C@@H]3CC[C@H]4CCN(C1=O)[C@]43O2. The van der Waals surface area contributed by atoms with Gasteiger partial charge >= 0.3 is 0 Å². The number of Topliss-reactive ketones (excluding diaryl/α,β-unsaturated/α-hetero) is 1. The molecule has 1 saturated carbocycles. The summed E-state index contributed by atoms with van der Waals surface area (Å²) >= 11 is 0. The third kappa shape index (κ3) is 0.655. The molecule has 0 aromatic heterocycles. The first-order chi connectivity index (χ1) is 7.61. The minimum absolute atomic E-state index is 0.0550. The molecule has 1 spiro atoms. The van der Waals surface area contributed by atoms with Crippen molar-refractivity contribution in [3.63, 3.8) is 0 Å². The molecule has 0 unspecified atom stereocenters. The van der Waals surface area contributed by atoms with E-state index in [-0.39, 0.29) is 17.4 Å². The van der Waals surface area contributed by atoms with E-state index in [0.29, 0.717) is 18.3 Å². The fourth-order valence-electron chi connectivity index (χ4n) is 4.51. The highest BCUT2D eigenvalue weighted by molar-refractivity contribution is 6.11. The van der Waals surface area contributed by atoms with E-state index in [2.05, 4.69) is 0 Å². The molecular formula is C12H15NO3. The third-order valence-electron chi connectivity index (χ3n) is 5.19. The molecule has 4 fully saturated rings. The van der Waals surface area contributed by atoms with E-state index < -0.39 is 5.60 Å². The smallest absolute Gasteiger partial charge is 0.264 e. The molecule has 4 aliphatic rings. The van der Waals surface area contributed by atoms with Gasteiger partial charge in [-0.25, -0.2) is 0 Å². The van der Waals surface area contributed by atoms with Crippen LogP contribution in [0.5, 0.6) is 0 Å². The third-order valence-corrected chi connectivity index (χ3v) is 5.19. The normalized spacial score (nSPS) is 52.6. The van der Waals surface area contributed by atoms with Crippen LogP contribution < -0.4 is 0 Å². The topological polar surface area (TPSA) is 46.6 Å². The summed E-state index contributed by atoms with van der Waals surface area (Å²) in [5.74, 6) is 0.724. The van der Waals surface area contributed by atoms with Crippen LogP contribution >= 0.6 is 0 Å². The molecule has 86 valence electrons. The molecule has 4 atom stereocenters. The second-order valence-electron chi connectivity index (χ2n) is 5.66. The predicted molar refractivity (Wildman–Crippen MR) is 54.4 cm³/mol. The fourth-order valence-corrected chi connectivity index (χ4v) is 4.51. The Morgan fingerprint density at radius 2 is 2.12 bits per heavy atom. The lowest BCUT2D eigenvalue weighted by molar-refractivity contribution is -0.149. The Hall–Kier alpha value is -0.900. The fraction of sp³-hybridized carbons (Fsp3) is 0.833. The number of piperidine rings is 1. The summed E-state index contributed by atoms with van der Waals surface area (Å²) in [4.78, 5) is 25.9. The number of rotatable bonds is 1. The lowest BCUT2D eigenvalue weighted by atomic mass is 9.82. The van der Waals surface area contributed by atoms with Crippen molar-refractivity contribution in [2.45, 2.75) is 43.9 Å². The monoisotopic (exact) mass is 221 g/mol. The van der Waals surface area contributed by atoms with Gasteiger partial charge in [-0.15, -0.1) is 0 Å². The molecule has 16 heavy (non-hydrogen) atoms. The van der Waals surface area contributed by atoms with Gasteiger partial charge in [-0.3, -0.25) is 9.59 Å². The maximum Gasteiger partial charge on any atom is 0.264 e. The number of carbonyl (C=O) groups excluding carboxylic acids is 2. The molecule has 0 aromatic rings. The Balaban J connectivity index is 1.90. The molecule has 3 aliphatic heterocycles. The molecule has 4 heteroatoms. The molecule has 2 bridgehead atoms. The largest absolute Gasteiger partial charge is 0.331 e. The average Bonchev–Trinajstić information content (AvgIpc) is 2.87. The minimum atomic E-state index is -1.09. The summed E-state index contributed by atoms with van der Waals surface area (Å²) in [6.07, 6.45) is 3.95. The van der Waals surface area contributed by atoms with Gasteiger partial charge in [0.05, 0.1) is 0 Å². The van der Waals surface area contributed by atoms with Gasteiger partial charge in [0.1, 0.15) is 0 Å². The van der Waals surface area contributed by atoms with E-state index in [1.807, 2.05) is 4.90 Å². The molecule has 4 rings (SSSR count). The zero-order chi connectivity index (χ0) is 11.1. The van der Waals surface area contributed by atoms with E-state index in [4.69, 9.17) is 4.74 Å². The average molecular weight is 221 g/mol. The van der Waals surface area contributed by atoms with Crippen LogP contribution in [0.1, 0.15) is 32.6 Å². The summed E-state index contributed by atoms with van der Waals surface area (Å²) in [5.41, 5.74) is -1.47. The van der Waals surface area contributed by atoms with Crippen LogP contribution in [0.25, 0.3) is 0 Å². The van der Waals surface area contributed by atoms with E-state index in [9.17, 15) is 9.59 Å². The van der Waals surface area contributed by atoms with Crippen LogP contribution in [0.15, 0.2) is 0 Å². The van der Waals surface area contributed by atoms with Gasteiger partial charge < -0.3 is 9.64 Å². The number of amides is 1. The highest BCUT2D eigenvalue weighted by Crippen LogP contribution is 2.65. The second-order valence-corrected chi connectivity index (χ2v) is 5.66. The molecule has 0 N–H and O–H groups in total. The maximum atomic E-state index is 12.3. The number of nitrogens with zero attached hydrogens (tertiary/aromatic N) is 1. The molecule has 4 nitrogen and oxygen atoms in total. The Morgan fingerprint density at radius 3 is 2.88 bits per heavy atom. The van der Waals surface area contributed by atoms with Crippen molar-refractivity contribution >= 4 is 11.7 Å². The van der Waals surface area contributed by atoms with Crippen LogP contribution in [0.2, 0.25) is 0 Å². The Labute approximate surface area is 93.9 Å². The van der Waals surface area contributed by atoms with Gasteiger partial charge in [-0.1, -0.05) is 0 Å². The number of ketones is 1. The van der Waals surface area contributed by atoms with Gasteiger partial charge in [0.15, 0.2) is 11.5 Å². The van der Waals surface area contributed by atoms with Crippen molar-refractivity contribution in [3.05, 3.63) is 0 Å². The van der Waals surface area contributed by atoms with Gasteiger partial charge in [-0.05, 0) is 26.2 Å². The van der Waals surface area contributed by atoms with Crippen LogP contribution in [0.3, 0.4) is 0 Å². The van der Waals surface area contributed by atoms with Crippen molar-refractivity contribution in [3.8, 4) is 0 Å². The number of fused-ring (bicyclic) bond motifs is 1. The zero-order valence-corrected chi connectivity index (χ0v) is 9.36. The highest BCUT2D eigenvalue weighted by atomic mass is 16.6. The quantitative estimate of drug-likeness (QED) is 0.612.